The Morgan fingerprint density at radius 2 is 1.52 bits per heavy atom. The van der Waals surface area contributed by atoms with Crippen molar-refractivity contribution in [2.45, 2.75) is 12.5 Å². The van der Waals surface area contributed by atoms with E-state index in [4.69, 9.17) is 11.6 Å². The lowest BCUT2D eigenvalue weighted by molar-refractivity contribution is -0.132. The van der Waals surface area contributed by atoms with Gasteiger partial charge < -0.3 is 20.2 Å². The van der Waals surface area contributed by atoms with Crippen molar-refractivity contribution in [2.75, 3.05) is 31.1 Å². The number of piperazine rings is 1. The molecule has 0 aromatic heterocycles. The van der Waals surface area contributed by atoms with Crippen LogP contribution in [0.15, 0.2) is 78.9 Å². The van der Waals surface area contributed by atoms with Gasteiger partial charge in [-0.05, 0) is 42.0 Å². The molecule has 4 rings (SSSR count). The monoisotopic (exact) mass is 463 g/mol. The van der Waals surface area contributed by atoms with Crippen molar-refractivity contribution in [3.8, 4) is 5.75 Å². The van der Waals surface area contributed by atoms with Gasteiger partial charge in [-0.15, -0.1) is 0 Å². The maximum Gasteiger partial charge on any atom is 0.253 e. The molecule has 33 heavy (non-hydrogen) atoms. The zero-order valence-electron chi connectivity index (χ0n) is 18.2. The molecule has 3 aromatic carbocycles. The average Bonchev–Trinajstić information content (AvgIpc) is 2.85. The molecule has 2 amide bonds. The first-order chi connectivity index (χ1) is 16.0. The summed E-state index contributed by atoms with van der Waals surface area (Å²) in [6.07, 6.45) is 0.166. The predicted octanol–water partition coefficient (Wildman–Crippen LogP) is 4.26. The molecule has 1 saturated heterocycles. The molecule has 3 aromatic rings. The first kappa shape index (κ1) is 22.7. The molecular weight excluding hydrogens is 438 g/mol. The van der Waals surface area contributed by atoms with Crippen LogP contribution >= 0.6 is 11.6 Å². The molecule has 1 fully saturated rings. The van der Waals surface area contributed by atoms with E-state index in [1.54, 1.807) is 36.4 Å². The minimum absolute atomic E-state index is 0.00586. The van der Waals surface area contributed by atoms with Gasteiger partial charge in [-0.25, -0.2) is 0 Å². The van der Waals surface area contributed by atoms with E-state index >= 15 is 0 Å². The van der Waals surface area contributed by atoms with Gasteiger partial charge in [0.1, 0.15) is 5.75 Å². The number of carbonyl (C=O) groups excluding carboxylic acids is 2. The van der Waals surface area contributed by atoms with E-state index < -0.39 is 6.04 Å². The third-order valence-electron chi connectivity index (χ3n) is 5.85. The van der Waals surface area contributed by atoms with E-state index in [0.717, 1.165) is 11.3 Å². The Kier molecular flexibility index (Phi) is 7.15. The van der Waals surface area contributed by atoms with Gasteiger partial charge >= 0.3 is 0 Å². The lowest BCUT2D eigenvalue weighted by Crippen LogP contribution is -2.49. The molecule has 1 heterocycles. The van der Waals surface area contributed by atoms with Gasteiger partial charge in [0.15, 0.2) is 0 Å². The minimum Gasteiger partial charge on any atom is -0.508 e. The number of rotatable bonds is 6. The van der Waals surface area contributed by atoms with Gasteiger partial charge in [-0.3, -0.25) is 9.59 Å². The second kappa shape index (κ2) is 10.4. The number of nitrogens with zero attached hydrogens (tertiary/aromatic N) is 2. The van der Waals surface area contributed by atoms with Gasteiger partial charge in [0.2, 0.25) is 5.91 Å². The van der Waals surface area contributed by atoms with Crippen LogP contribution in [0.2, 0.25) is 5.02 Å². The van der Waals surface area contributed by atoms with Crippen molar-refractivity contribution in [3.63, 3.8) is 0 Å². The first-order valence-corrected chi connectivity index (χ1v) is 11.3. The van der Waals surface area contributed by atoms with Crippen LogP contribution in [-0.4, -0.2) is 48.0 Å². The van der Waals surface area contributed by atoms with E-state index in [0.29, 0.717) is 36.8 Å². The molecule has 0 bridgehead atoms. The Morgan fingerprint density at radius 3 is 2.18 bits per heavy atom. The molecule has 0 saturated carbocycles. The van der Waals surface area contributed by atoms with Crippen molar-refractivity contribution >= 4 is 29.1 Å². The Balaban J connectivity index is 1.42. The number of benzene rings is 3. The molecule has 1 atom stereocenters. The zero-order chi connectivity index (χ0) is 23.2. The van der Waals surface area contributed by atoms with Crippen molar-refractivity contribution < 1.29 is 14.7 Å². The molecule has 0 radical (unpaired) electrons. The summed E-state index contributed by atoms with van der Waals surface area (Å²) in [5, 5.41) is 12.9. The van der Waals surface area contributed by atoms with Gasteiger partial charge in [0, 0.05) is 31.9 Å². The zero-order valence-corrected chi connectivity index (χ0v) is 18.9. The summed E-state index contributed by atoms with van der Waals surface area (Å²) < 4.78 is 0. The number of phenols is 1. The summed E-state index contributed by atoms with van der Waals surface area (Å²) in [6.45, 7) is 2.61. The standard InChI is InChI=1S/C26H26ClN3O3/c27-23-9-5-4-8-22(23)26(33)28-24(19-6-2-1-3-7-19)18-25(32)30-16-14-29(15-17-30)20-10-12-21(31)13-11-20/h1-13,24,31H,14-18H2,(H,28,33). The normalized spacial score (nSPS) is 14.6. The molecule has 6 nitrogen and oxygen atoms in total. The lowest BCUT2D eigenvalue weighted by atomic mass is 10.0. The molecule has 0 aliphatic carbocycles. The van der Waals surface area contributed by atoms with E-state index in [2.05, 4.69) is 10.2 Å². The average molecular weight is 464 g/mol. The Bertz CT molecular complexity index is 1100. The van der Waals surface area contributed by atoms with Crippen molar-refractivity contribution in [1.82, 2.24) is 10.2 Å². The van der Waals surface area contributed by atoms with Crippen molar-refractivity contribution in [3.05, 3.63) is 95.0 Å². The fourth-order valence-corrected chi connectivity index (χ4v) is 4.22. The smallest absolute Gasteiger partial charge is 0.253 e. The van der Waals surface area contributed by atoms with Crippen LogP contribution in [0.4, 0.5) is 5.69 Å². The lowest BCUT2D eigenvalue weighted by Gasteiger charge is -2.36. The number of halogens is 1. The summed E-state index contributed by atoms with van der Waals surface area (Å²) in [6, 6.07) is 23.0. The third-order valence-corrected chi connectivity index (χ3v) is 6.18. The molecule has 170 valence electrons. The van der Waals surface area contributed by atoms with Gasteiger partial charge in [0.05, 0.1) is 23.0 Å². The summed E-state index contributed by atoms with van der Waals surface area (Å²) >= 11 is 6.19. The number of anilines is 1. The molecule has 1 aliphatic rings. The first-order valence-electron chi connectivity index (χ1n) is 10.9. The number of amides is 2. The number of phenolic OH excluding ortho intramolecular Hbond substituents is 1. The maximum atomic E-state index is 13.2. The second-order valence-corrected chi connectivity index (χ2v) is 8.41. The van der Waals surface area contributed by atoms with Crippen LogP contribution in [-0.2, 0) is 4.79 Å². The largest absolute Gasteiger partial charge is 0.508 e. The van der Waals surface area contributed by atoms with Gasteiger partial charge in [0.25, 0.3) is 5.91 Å². The van der Waals surface area contributed by atoms with Crippen LogP contribution in [0, 0.1) is 0 Å². The molecule has 7 heteroatoms. The van der Waals surface area contributed by atoms with E-state index in [9.17, 15) is 14.7 Å². The predicted molar refractivity (Wildman–Crippen MR) is 130 cm³/mol. The maximum absolute atomic E-state index is 13.2. The third kappa shape index (κ3) is 5.65. The highest BCUT2D eigenvalue weighted by Gasteiger charge is 2.26. The van der Waals surface area contributed by atoms with Crippen LogP contribution in [0.25, 0.3) is 0 Å². The SMILES string of the molecule is O=C(NC(CC(=O)N1CCN(c2ccc(O)cc2)CC1)c1ccccc1)c1ccccc1Cl. The Morgan fingerprint density at radius 1 is 0.879 bits per heavy atom. The Labute approximate surface area is 198 Å². The summed E-state index contributed by atoms with van der Waals surface area (Å²) in [5.74, 6) is -0.0774. The summed E-state index contributed by atoms with van der Waals surface area (Å²) in [7, 11) is 0. The van der Waals surface area contributed by atoms with Crippen LogP contribution in [0.1, 0.15) is 28.4 Å². The highest BCUT2D eigenvalue weighted by Crippen LogP contribution is 2.23. The topological polar surface area (TPSA) is 72.9 Å². The van der Waals surface area contributed by atoms with Crippen LogP contribution in [0.3, 0.4) is 0 Å². The van der Waals surface area contributed by atoms with E-state index in [-0.39, 0.29) is 24.0 Å². The fraction of sp³-hybridized carbons (Fsp3) is 0.231. The molecule has 1 aliphatic heterocycles. The summed E-state index contributed by atoms with van der Waals surface area (Å²) in [4.78, 5) is 30.1. The quantitative estimate of drug-likeness (QED) is 0.573. The number of carbonyl (C=O) groups is 2. The minimum atomic E-state index is -0.461. The van der Waals surface area contributed by atoms with Crippen LogP contribution in [0.5, 0.6) is 5.75 Å². The van der Waals surface area contributed by atoms with Crippen LogP contribution < -0.4 is 10.2 Å². The van der Waals surface area contributed by atoms with E-state index in [1.807, 2.05) is 47.4 Å². The molecular formula is C26H26ClN3O3. The van der Waals surface area contributed by atoms with Gasteiger partial charge in [-0.2, -0.15) is 0 Å². The van der Waals surface area contributed by atoms with Crippen molar-refractivity contribution in [2.24, 2.45) is 0 Å². The number of nitrogens with one attached hydrogen (secondary N) is 1. The highest BCUT2D eigenvalue weighted by atomic mass is 35.5. The van der Waals surface area contributed by atoms with Gasteiger partial charge in [-0.1, -0.05) is 54.1 Å². The number of hydrogen-bond donors (Lipinski definition) is 2. The molecule has 1 unspecified atom stereocenters. The van der Waals surface area contributed by atoms with E-state index in [1.165, 1.54) is 0 Å². The second-order valence-electron chi connectivity index (χ2n) is 8.00. The fourth-order valence-electron chi connectivity index (χ4n) is 4.00. The molecule has 2 N–H and O–H groups in total. The summed E-state index contributed by atoms with van der Waals surface area (Å²) in [5.41, 5.74) is 2.28. The molecule has 0 spiro atoms. The number of hydrogen-bond acceptors (Lipinski definition) is 4. The van der Waals surface area contributed by atoms with Crippen molar-refractivity contribution in [1.29, 1.82) is 0 Å². The number of aromatic hydroxyl groups is 1. The highest BCUT2D eigenvalue weighted by molar-refractivity contribution is 6.33. The Hall–Kier alpha value is -3.51.